The van der Waals surface area contributed by atoms with Crippen molar-refractivity contribution in [1.29, 1.82) is 0 Å². The van der Waals surface area contributed by atoms with E-state index in [1.54, 1.807) is 24.3 Å². The second-order valence-corrected chi connectivity index (χ2v) is 9.02. The van der Waals surface area contributed by atoms with E-state index in [1.165, 1.54) is 24.3 Å². The summed E-state index contributed by atoms with van der Waals surface area (Å²) in [4.78, 5) is 50.5. The molecule has 4 aromatic rings. The Morgan fingerprint density at radius 2 is 1.74 bits per heavy atom. The highest BCUT2D eigenvalue weighted by Gasteiger charge is 2.38. The first-order chi connectivity index (χ1) is 18.8. The molecule has 1 N–H and O–H groups in total. The summed E-state index contributed by atoms with van der Waals surface area (Å²) in [5.41, 5.74) is 3.15. The number of nitro benzene ring substituents is 1. The standard InChI is InChI=1S/C28H20N4O7/c1-16-21(20-4-2-3-5-23(20)30(16)14-17-6-8-18(9-7-17)32(36)37)13-22-26(33)29-28(35)31(27(22)34)19-10-11-24-25(12-19)39-15-38-24/h2-13H,14-15H2,1H3,(H,29,33,35)/b22-13+. The van der Waals surface area contributed by atoms with Gasteiger partial charge in [-0.25, -0.2) is 9.69 Å². The molecule has 194 valence electrons. The van der Waals surface area contributed by atoms with Crippen LogP contribution < -0.4 is 19.7 Å². The Morgan fingerprint density at radius 3 is 2.51 bits per heavy atom. The van der Waals surface area contributed by atoms with Crippen LogP contribution in [0.1, 0.15) is 16.8 Å². The van der Waals surface area contributed by atoms with Crippen LogP contribution in [0.25, 0.3) is 17.0 Å². The Labute approximate surface area is 221 Å². The fourth-order valence-electron chi connectivity index (χ4n) is 4.81. The molecule has 11 heteroatoms. The number of amides is 4. The van der Waals surface area contributed by atoms with Crippen LogP contribution in [0.3, 0.4) is 0 Å². The van der Waals surface area contributed by atoms with Gasteiger partial charge in [0.1, 0.15) is 5.57 Å². The van der Waals surface area contributed by atoms with Gasteiger partial charge in [0.2, 0.25) is 6.79 Å². The third-order valence-corrected chi connectivity index (χ3v) is 6.77. The molecular weight excluding hydrogens is 504 g/mol. The summed E-state index contributed by atoms with van der Waals surface area (Å²) in [5.74, 6) is -0.685. The second kappa shape index (κ2) is 9.14. The van der Waals surface area contributed by atoms with Crippen molar-refractivity contribution in [2.75, 3.05) is 11.7 Å². The van der Waals surface area contributed by atoms with E-state index in [0.717, 1.165) is 27.1 Å². The lowest BCUT2D eigenvalue weighted by Gasteiger charge is -2.26. The molecule has 3 aromatic carbocycles. The number of rotatable bonds is 5. The number of carbonyl (C=O) groups is 3. The summed E-state index contributed by atoms with van der Waals surface area (Å²) in [6.07, 6.45) is 1.49. The lowest BCUT2D eigenvalue weighted by Crippen LogP contribution is -2.54. The van der Waals surface area contributed by atoms with Gasteiger partial charge in [-0.05, 0) is 36.8 Å². The van der Waals surface area contributed by atoms with Crippen LogP contribution in [0.5, 0.6) is 11.5 Å². The molecule has 0 atom stereocenters. The van der Waals surface area contributed by atoms with Gasteiger partial charge in [0.15, 0.2) is 11.5 Å². The Balaban J connectivity index is 1.41. The molecule has 0 unspecified atom stereocenters. The van der Waals surface area contributed by atoms with Gasteiger partial charge in [-0.2, -0.15) is 0 Å². The van der Waals surface area contributed by atoms with E-state index in [2.05, 4.69) is 5.32 Å². The summed E-state index contributed by atoms with van der Waals surface area (Å²) >= 11 is 0. The molecule has 39 heavy (non-hydrogen) atoms. The molecule has 2 aliphatic heterocycles. The van der Waals surface area contributed by atoms with Crippen molar-refractivity contribution in [3.63, 3.8) is 0 Å². The minimum atomic E-state index is -0.863. The molecule has 2 aliphatic rings. The number of nitro groups is 1. The number of imide groups is 2. The monoisotopic (exact) mass is 524 g/mol. The predicted molar refractivity (Wildman–Crippen MR) is 140 cm³/mol. The van der Waals surface area contributed by atoms with Crippen molar-refractivity contribution in [3.05, 3.63) is 99.2 Å². The Kier molecular flexibility index (Phi) is 5.60. The van der Waals surface area contributed by atoms with Crippen molar-refractivity contribution >= 4 is 46.2 Å². The van der Waals surface area contributed by atoms with E-state index in [9.17, 15) is 24.5 Å². The number of fused-ring (bicyclic) bond motifs is 2. The van der Waals surface area contributed by atoms with Gasteiger partial charge >= 0.3 is 6.03 Å². The van der Waals surface area contributed by atoms with Crippen molar-refractivity contribution < 1.29 is 28.8 Å². The van der Waals surface area contributed by atoms with E-state index >= 15 is 0 Å². The quantitative estimate of drug-likeness (QED) is 0.178. The van der Waals surface area contributed by atoms with Crippen molar-refractivity contribution in [2.24, 2.45) is 0 Å². The van der Waals surface area contributed by atoms with Crippen LogP contribution in [-0.2, 0) is 16.1 Å². The maximum atomic E-state index is 13.5. The maximum Gasteiger partial charge on any atom is 0.335 e. The zero-order valence-electron chi connectivity index (χ0n) is 20.5. The predicted octanol–water partition coefficient (Wildman–Crippen LogP) is 4.30. The Bertz CT molecular complexity index is 1740. The SMILES string of the molecule is Cc1c(/C=C2\C(=O)NC(=O)N(c3ccc4c(c3)OCO4)C2=O)c2ccccc2n1Cc1ccc([N+](=O)[O-])cc1. The number of non-ortho nitro benzene ring substituents is 1. The van der Waals surface area contributed by atoms with Crippen molar-refractivity contribution in [1.82, 2.24) is 9.88 Å². The van der Waals surface area contributed by atoms with Crippen LogP contribution in [0.4, 0.5) is 16.2 Å². The van der Waals surface area contributed by atoms with Crippen LogP contribution in [0, 0.1) is 17.0 Å². The number of barbiturate groups is 1. The zero-order chi connectivity index (χ0) is 27.3. The first kappa shape index (κ1) is 23.9. The highest BCUT2D eigenvalue weighted by molar-refractivity contribution is 6.39. The van der Waals surface area contributed by atoms with E-state index in [-0.39, 0.29) is 23.7 Å². The second-order valence-electron chi connectivity index (χ2n) is 9.02. The normalized spacial score (nSPS) is 15.8. The number of anilines is 1. The molecule has 4 amide bonds. The van der Waals surface area contributed by atoms with Gasteiger partial charge in [0.25, 0.3) is 17.5 Å². The van der Waals surface area contributed by atoms with Crippen LogP contribution in [-0.4, -0.2) is 34.1 Å². The first-order valence-corrected chi connectivity index (χ1v) is 11.9. The molecule has 1 aromatic heterocycles. The maximum absolute atomic E-state index is 13.5. The zero-order valence-corrected chi connectivity index (χ0v) is 20.5. The Hall–Kier alpha value is -5.45. The van der Waals surface area contributed by atoms with E-state index < -0.39 is 22.8 Å². The van der Waals surface area contributed by atoms with Crippen LogP contribution in [0.15, 0.2) is 72.3 Å². The number of nitrogens with one attached hydrogen (secondary N) is 1. The van der Waals surface area contributed by atoms with Gasteiger partial charge < -0.3 is 14.0 Å². The van der Waals surface area contributed by atoms with Gasteiger partial charge in [-0.15, -0.1) is 0 Å². The van der Waals surface area contributed by atoms with E-state index in [0.29, 0.717) is 23.6 Å². The summed E-state index contributed by atoms with van der Waals surface area (Å²) in [5, 5.41) is 14.1. The van der Waals surface area contributed by atoms with Gasteiger partial charge in [-0.1, -0.05) is 30.3 Å². The highest BCUT2D eigenvalue weighted by Crippen LogP contribution is 2.37. The number of urea groups is 1. The largest absolute Gasteiger partial charge is 0.454 e. The highest BCUT2D eigenvalue weighted by atomic mass is 16.7. The molecule has 1 saturated heterocycles. The molecule has 11 nitrogen and oxygen atoms in total. The molecule has 6 rings (SSSR count). The van der Waals surface area contributed by atoms with Gasteiger partial charge in [-0.3, -0.25) is 25.0 Å². The molecule has 1 fully saturated rings. The average Bonchev–Trinajstić information content (AvgIpc) is 3.49. The summed E-state index contributed by atoms with van der Waals surface area (Å²) < 4.78 is 12.7. The minimum Gasteiger partial charge on any atom is -0.454 e. The van der Waals surface area contributed by atoms with Gasteiger partial charge in [0, 0.05) is 46.9 Å². The fraction of sp³-hybridized carbons (Fsp3) is 0.107. The molecular formula is C28H20N4O7. The topological polar surface area (TPSA) is 133 Å². The molecule has 0 spiro atoms. The van der Waals surface area contributed by atoms with Crippen molar-refractivity contribution in [2.45, 2.75) is 13.5 Å². The van der Waals surface area contributed by atoms with Crippen molar-refractivity contribution in [3.8, 4) is 11.5 Å². The van der Waals surface area contributed by atoms with Crippen LogP contribution in [0.2, 0.25) is 0 Å². The summed E-state index contributed by atoms with van der Waals surface area (Å²) in [7, 11) is 0. The third kappa shape index (κ3) is 4.06. The number of benzene rings is 3. The number of para-hydroxylation sites is 1. The first-order valence-electron chi connectivity index (χ1n) is 11.9. The average molecular weight is 524 g/mol. The molecule has 3 heterocycles. The number of hydrogen-bond donors (Lipinski definition) is 1. The third-order valence-electron chi connectivity index (χ3n) is 6.77. The lowest BCUT2D eigenvalue weighted by atomic mass is 10.0. The number of ether oxygens (including phenoxy) is 2. The Morgan fingerprint density at radius 1 is 1.00 bits per heavy atom. The molecule has 0 aliphatic carbocycles. The summed E-state index contributed by atoms with van der Waals surface area (Å²) in [6.45, 7) is 2.31. The molecule has 0 bridgehead atoms. The summed E-state index contributed by atoms with van der Waals surface area (Å²) in [6, 6.07) is 17.6. The minimum absolute atomic E-state index is 0.00152. The number of hydrogen-bond acceptors (Lipinski definition) is 7. The van der Waals surface area contributed by atoms with E-state index in [4.69, 9.17) is 9.47 Å². The molecule has 0 saturated carbocycles. The van der Waals surface area contributed by atoms with E-state index in [1.807, 2.05) is 35.8 Å². The van der Waals surface area contributed by atoms with Crippen LogP contribution >= 0.6 is 0 Å². The number of aromatic nitrogens is 1. The fourth-order valence-corrected chi connectivity index (χ4v) is 4.81. The number of carbonyl (C=O) groups excluding carboxylic acids is 3. The molecule has 0 radical (unpaired) electrons. The number of nitrogens with zero attached hydrogens (tertiary/aromatic N) is 3. The lowest BCUT2D eigenvalue weighted by molar-refractivity contribution is -0.384. The van der Waals surface area contributed by atoms with Gasteiger partial charge in [0.05, 0.1) is 10.6 Å². The smallest absolute Gasteiger partial charge is 0.335 e.